The summed E-state index contributed by atoms with van der Waals surface area (Å²) < 4.78 is 5.27. The van der Waals surface area contributed by atoms with Crippen LogP contribution in [0, 0.1) is 5.41 Å². The minimum absolute atomic E-state index is 0.234. The average molecular weight is 435 g/mol. The van der Waals surface area contributed by atoms with Gasteiger partial charge in [-0.15, -0.1) is 0 Å². The summed E-state index contributed by atoms with van der Waals surface area (Å²) in [5, 5.41) is 0. The van der Waals surface area contributed by atoms with Crippen molar-refractivity contribution in [3.8, 4) is 0 Å². The molecule has 5 nitrogen and oxygen atoms in total. The van der Waals surface area contributed by atoms with Crippen molar-refractivity contribution in [3.63, 3.8) is 0 Å². The molecule has 0 radical (unpaired) electrons. The van der Waals surface area contributed by atoms with Crippen LogP contribution >= 0.6 is 0 Å². The number of esters is 1. The Morgan fingerprint density at radius 2 is 1.45 bits per heavy atom. The molecule has 162 valence electrons. The molecule has 1 aliphatic carbocycles. The van der Waals surface area contributed by atoms with Gasteiger partial charge < -0.3 is 9.64 Å². The molecule has 3 aromatic carbocycles. The lowest BCUT2D eigenvalue weighted by Crippen LogP contribution is -2.48. The van der Waals surface area contributed by atoms with Crippen molar-refractivity contribution in [1.82, 2.24) is 0 Å². The molecule has 0 bridgehead atoms. The maximum absolute atomic E-state index is 14.2. The lowest BCUT2D eigenvalue weighted by molar-refractivity contribution is -0.142. The number of methoxy groups -OCH3 is 1. The van der Waals surface area contributed by atoms with Gasteiger partial charge in [-0.1, -0.05) is 84.9 Å². The summed E-state index contributed by atoms with van der Waals surface area (Å²) in [5.41, 5.74) is 1.88. The lowest BCUT2D eigenvalue weighted by Gasteiger charge is -2.36. The second kappa shape index (κ2) is 7.01. The standard InChI is InChI=1S/C28H21NO4/c1-33-27(32)24-23(18-10-3-2-4-11-18)28(25(30)19-12-6-7-13-20(19)26(28)31)22-16-15-17-9-5-8-14-21(17)29(22)24/h2-16,22-24H,1H3. The van der Waals surface area contributed by atoms with Crippen LogP contribution in [0.3, 0.4) is 0 Å². The first kappa shape index (κ1) is 19.7. The molecular formula is C28H21NO4. The monoisotopic (exact) mass is 435 g/mol. The molecule has 5 heteroatoms. The summed E-state index contributed by atoms with van der Waals surface area (Å²) >= 11 is 0. The molecular weight excluding hydrogens is 414 g/mol. The predicted molar refractivity (Wildman–Crippen MR) is 124 cm³/mol. The van der Waals surface area contributed by atoms with Gasteiger partial charge in [0.15, 0.2) is 11.6 Å². The molecule has 2 heterocycles. The second-order valence-corrected chi connectivity index (χ2v) is 8.70. The van der Waals surface area contributed by atoms with Crippen molar-refractivity contribution in [2.45, 2.75) is 18.0 Å². The Labute approximate surface area is 191 Å². The van der Waals surface area contributed by atoms with E-state index in [0.717, 1.165) is 16.8 Å². The van der Waals surface area contributed by atoms with Crippen molar-refractivity contribution >= 4 is 29.3 Å². The molecule has 0 aromatic heterocycles. The molecule has 1 spiro atoms. The molecule has 0 amide bonds. The smallest absolute Gasteiger partial charge is 0.329 e. The first-order chi connectivity index (χ1) is 16.1. The molecule has 33 heavy (non-hydrogen) atoms. The van der Waals surface area contributed by atoms with E-state index in [4.69, 9.17) is 4.74 Å². The van der Waals surface area contributed by atoms with E-state index in [2.05, 4.69) is 0 Å². The molecule has 0 N–H and O–H groups in total. The zero-order valence-corrected chi connectivity index (χ0v) is 18.0. The van der Waals surface area contributed by atoms with E-state index in [-0.39, 0.29) is 11.6 Å². The van der Waals surface area contributed by atoms with Crippen LogP contribution in [-0.4, -0.2) is 36.7 Å². The zero-order chi connectivity index (χ0) is 22.7. The Morgan fingerprint density at radius 1 is 0.848 bits per heavy atom. The van der Waals surface area contributed by atoms with Gasteiger partial charge in [0.05, 0.1) is 13.2 Å². The van der Waals surface area contributed by atoms with E-state index in [1.807, 2.05) is 71.6 Å². The molecule has 1 saturated heterocycles. The fourth-order valence-corrected chi connectivity index (χ4v) is 6.04. The number of ketones is 2. The number of rotatable bonds is 2. The van der Waals surface area contributed by atoms with Gasteiger partial charge in [0.1, 0.15) is 11.5 Å². The number of Topliss-reactive ketones (excluding diaryl/α,β-unsaturated/α-hetero) is 2. The average Bonchev–Trinajstić information content (AvgIpc) is 3.31. The van der Waals surface area contributed by atoms with Gasteiger partial charge in [-0.25, -0.2) is 4.79 Å². The predicted octanol–water partition coefficient (Wildman–Crippen LogP) is 4.29. The first-order valence-corrected chi connectivity index (χ1v) is 11.0. The molecule has 3 unspecified atom stereocenters. The number of fused-ring (bicyclic) bond motifs is 5. The van der Waals surface area contributed by atoms with E-state index in [9.17, 15) is 14.4 Å². The number of anilines is 1. The van der Waals surface area contributed by atoms with Crippen molar-refractivity contribution in [1.29, 1.82) is 0 Å². The van der Waals surface area contributed by atoms with Gasteiger partial charge in [-0.3, -0.25) is 9.59 Å². The normalized spacial score (nSPS) is 23.9. The minimum Gasteiger partial charge on any atom is -0.467 e. The molecule has 3 aliphatic rings. The number of hydrogen-bond donors (Lipinski definition) is 0. The van der Waals surface area contributed by atoms with Crippen LogP contribution in [0.5, 0.6) is 0 Å². The lowest BCUT2D eigenvalue weighted by atomic mass is 9.65. The van der Waals surface area contributed by atoms with E-state index in [0.29, 0.717) is 11.1 Å². The minimum atomic E-state index is -1.46. The number of carbonyl (C=O) groups excluding carboxylic acids is 3. The number of carbonyl (C=O) groups is 3. The molecule has 0 saturated carbocycles. The zero-order valence-electron chi connectivity index (χ0n) is 18.0. The Morgan fingerprint density at radius 3 is 2.12 bits per heavy atom. The van der Waals surface area contributed by atoms with Crippen molar-refractivity contribution < 1.29 is 19.1 Å². The quantitative estimate of drug-likeness (QED) is 0.444. The summed E-state index contributed by atoms with van der Waals surface area (Å²) in [7, 11) is 1.35. The number of nitrogens with zero attached hydrogens (tertiary/aromatic N) is 1. The molecule has 1 fully saturated rings. The SMILES string of the molecule is COC(=O)C1C(c2ccccc2)C2(C(=O)c3ccccc3C2=O)C2C=Cc3ccccc3N12. The maximum Gasteiger partial charge on any atom is 0.329 e. The highest BCUT2D eigenvalue weighted by Gasteiger charge is 2.71. The molecule has 2 aliphatic heterocycles. The summed E-state index contributed by atoms with van der Waals surface area (Å²) in [5.74, 6) is -1.64. The van der Waals surface area contributed by atoms with E-state index >= 15 is 0 Å². The Balaban J connectivity index is 1.69. The van der Waals surface area contributed by atoms with Crippen molar-refractivity contribution in [2.24, 2.45) is 5.41 Å². The third kappa shape index (κ3) is 2.39. The van der Waals surface area contributed by atoms with Gasteiger partial charge in [0, 0.05) is 22.7 Å². The van der Waals surface area contributed by atoms with Crippen LogP contribution in [-0.2, 0) is 9.53 Å². The van der Waals surface area contributed by atoms with Gasteiger partial charge in [-0.05, 0) is 17.2 Å². The van der Waals surface area contributed by atoms with Crippen LogP contribution < -0.4 is 4.90 Å². The van der Waals surface area contributed by atoms with Gasteiger partial charge in [-0.2, -0.15) is 0 Å². The summed E-state index contributed by atoms with van der Waals surface area (Å²) in [6.45, 7) is 0. The third-order valence-corrected chi connectivity index (χ3v) is 7.31. The summed E-state index contributed by atoms with van der Waals surface area (Å²) in [4.78, 5) is 43.7. The Kier molecular flexibility index (Phi) is 4.18. The molecule has 3 atom stereocenters. The third-order valence-electron chi connectivity index (χ3n) is 7.31. The van der Waals surface area contributed by atoms with Crippen LogP contribution in [0.4, 0.5) is 5.69 Å². The largest absolute Gasteiger partial charge is 0.467 e. The van der Waals surface area contributed by atoms with Crippen LogP contribution in [0.15, 0.2) is 84.9 Å². The second-order valence-electron chi connectivity index (χ2n) is 8.70. The fourth-order valence-electron chi connectivity index (χ4n) is 6.04. The van der Waals surface area contributed by atoms with Crippen LogP contribution in [0.25, 0.3) is 6.08 Å². The fraction of sp³-hybridized carbons (Fsp3) is 0.179. The highest BCUT2D eigenvalue weighted by molar-refractivity contribution is 6.32. The topological polar surface area (TPSA) is 63.7 Å². The van der Waals surface area contributed by atoms with E-state index in [1.165, 1.54) is 7.11 Å². The number of para-hydroxylation sites is 1. The van der Waals surface area contributed by atoms with Gasteiger partial charge in [0.2, 0.25) is 0 Å². The number of ether oxygens (including phenoxy) is 1. The van der Waals surface area contributed by atoms with Gasteiger partial charge in [0.25, 0.3) is 0 Å². The summed E-state index contributed by atoms with van der Waals surface area (Å²) in [6, 6.07) is 22.6. The van der Waals surface area contributed by atoms with Crippen LogP contribution in [0.2, 0.25) is 0 Å². The highest BCUT2D eigenvalue weighted by Crippen LogP contribution is 2.60. The first-order valence-electron chi connectivity index (χ1n) is 11.0. The maximum atomic E-state index is 14.2. The van der Waals surface area contributed by atoms with Crippen molar-refractivity contribution in [3.05, 3.63) is 107 Å². The van der Waals surface area contributed by atoms with E-state index in [1.54, 1.807) is 24.3 Å². The molecule has 3 aromatic rings. The summed E-state index contributed by atoms with van der Waals surface area (Å²) in [6.07, 6.45) is 3.85. The van der Waals surface area contributed by atoms with Crippen molar-refractivity contribution in [2.75, 3.05) is 12.0 Å². The Bertz CT molecular complexity index is 1310. The van der Waals surface area contributed by atoms with Crippen LogP contribution in [0.1, 0.15) is 37.8 Å². The number of benzene rings is 3. The highest BCUT2D eigenvalue weighted by atomic mass is 16.5. The van der Waals surface area contributed by atoms with Gasteiger partial charge >= 0.3 is 5.97 Å². The van der Waals surface area contributed by atoms with E-state index < -0.39 is 29.4 Å². The number of hydrogen-bond acceptors (Lipinski definition) is 5. The Hall–Kier alpha value is -3.99. The molecule has 6 rings (SSSR count).